The Balaban J connectivity index is 0.000000143. The summed E-state index contributed by atoms with van der Waals surface area (Å²) in [4.78, 5) is 30.8. The van der Waals surface area contributed by atoms with Gasteiger partial charge in [-0.1, -0.05) is 346 Å². The number of rotatable bonds is 13. The topological polar surface area (TPSA) is 77.3 Å². The van der Waals surface area contributed by atoms with E-state index in [1.54, 1.807) is 0 Å². The molecule has 6 nitrogen and oxygen atoms in total. The van der Waals surface area contributed by atoms with Crippen molar-refractivity contribution in [2.24, 2.45) is 0 Å². The Kier molecular flexibility index (Phi) is 17.3. The maximum absolute atomic E-state index is 5.23. The van der Waals surface area contributed by atoms with Crippen molar-refractivity contribution in [3.63, 3.8) is 0 Å². The van der Waals surface area contributed by atoms with Crippen molar-refractivity contribution in [1.29, 1.82) is 0 Å². The SMILES string of the molecule is c1ccc(-c2cccc(-c3cccc(-c4nc(-c5ccccc5)nc(-c5ccc6sc7ccc(C8(c9ccccc9)c9ccccc9-c9ccccc98)cc7c6c5)n4)c3)c2)cc1.c1ccc(-c2cccc(-c3nc(-c4ccccc4)nc(-c4ccc5sc6ccc(C7(c8ccccc8)c8ccccc8-c8ccccc87)cc6c5c4)n3)c2)cc1. The van der Waals surface area contributed by atoms with Crippen LogP contribution in [0.4, 0.5) is 0 Å². The molecule has 17 aromatic carbocycles. The summed E-state index contributed by atoms with van der Waals surface area (Å²) in [6.07, 6.45) is 0. The smallest absolute Gasteiger partial charge is 0.164 e. The highest BCUT2D eigenvalue weighted by molar-refractivity contribution is 7.26. The average Bonchev–Trinajstić information content (AvgIpc) is 1.54. The van der Waals surface area contributed by atoms with Gasteiger partial charge in [-0.2, -0.15) is 0 Å². The van der Waals surface area contributed by atoms with Crippen LogP contribution in [-0.2, 0) is 10.8 Å². The van der Waals surface area contributed by atoms with Crippen LogP contribution in [0.2, 0.25) is 0 Å². The second-order valence-electron chi connectivity index (χ2n) is 30.3. The quantitative estimate of drug-likeness (QED) is 0.114. The highest BCUT2D eigenvalue weighted by atomic mass is 32.1. The van der Waals surface area contributed by atoms with Gasteiger partial charge in [-0.25, -0.2) is 29.9 Å². The van der Waals surface area contributed by atoms with E-state index in [2.05, 4.69) is 382 Å². The average molecular weight is 1540 g/mol. The Morgan fingerprint density at radius 3 is 0.712 bits per heavy atom. The summed E-state index contributed by atoms with van der Waals surface area (Å²) in [5.74, 6) is 3.86. The molecule has 2 aliphatic rings. The number of thiophene rings is 2. The van der Waals surface area contributed by atoms with Crippen LogP contribution in [0.3, 0.4) is 0 Å². The van der Waals surface area contributed by atoms with Crippen LogP contribution in [0.15, 0.2) is 425 Å². The highest BCUT2D eigenvalue weighted by Gasteiger charge is 2.48. The van der Waals surface area contributed by atoms with Gasteiger partial charge in [-0.05, 0) is 179 Å². The minimum atomic E-state index is -0.473. The first-order valence-corrected chi connectivity index (χ1v) is 41.6. The fraction of sp³-hybridized carbons (Fsp3) is 0.0182. The number of hydrogen-bond acceptors (Lipinski definition) is 8. The Labute approximate surface area is 691 Å². The van der Waals surface area contributed by atoms with Crippen LogP contribution < -0.4 is 0 Å². The summed E-state index contributed by atoms with van der Waals surface area (Å²) in [5.41, 5.74) is 27.1. The predicted octanol–water partition coefficient (Wildman–Crippen LogP) is 28.2. The van der Waals surface area contributed by atoms with E-state index >= 15 is 0 Å². The summed E-state index contributed by atoms with van der Waals surface area (Å²) in [5, 5.41) is 4.84. The third-order valence-electron chi connectivity index (χ3n) is 23.6. The van der Waals surface area contributed by atoms with Crippen LogP contribution in [0.25, 0.3) is 164 Å². The van der Waals surface area contributed by atoms with Gasteiger partial charge in [0.2, 0.25) is 0 Å². The Morgan fingerprint density at radius 1 is 0.153 bits per heavy atom. The molecule has 0 fully saturated rings. The number of hydrogen-bond donors (Lipinski definition) is 0. The van der Waals surface area contributed by atoms with Gasteiger partial charge in [-0.15, -0.1) is 22.7 Å². The lowest BCUT2D eigenvalue weighted by molar-refractivity contribution is 0.770. The molecule has 552 valence electrons. The molecule has 0 saturated carbocycles. The molecule has 4 heterocycles. The standard InChI is InChI=1S/C58H37N3S.C52H33N3S/c1-4-16-38(17-5-1)40-20-14-21-41(34-40)42-22-15-23-43(35-42)56-59-55(39-18-6-2-7-19-39)60-57(61-56)44-30-32-53-49(36-44)50-37-46(31-33-54(50)62-53)58(45-24-8-3-9-25-45)51-28-12-10-26-47(51)48-27-11-13-29-52(48)58;1-4-15-34(16-5-1)36-19-14-20-37(31-36)50-53-49(35-17-6-2-7-18-35)54-51(55-50)38-27-29-47-43(32-38)44-33-40(28-30-48(44)56-47)52(39-21-8-3-9-22-39)45-25-12-10-23-41(45)42-24-11-13-26-46(42)52/h1-37H;1-33H. The van der Waals surface area contributed by atoms with Gasteiger partial charge in [0, 0.05) is 73.7 Å². The van der Waals surface area contributed by atoms with E-state index in [0.29, 0.717) is 34.9 Å². The lowest BCUT2D eigenvalue weighted by Crippen LogP contribution is -2.28. The van der Waals surface area contributed by atoms with Crippen LogP contribution in [0, 0.1) is 0 Å². The van der Waals surface area contributed by atoms with Crippen LogP contribution >= 0.6 is 22.7 Å². The fourth-order valence-corrected chi connectivity index (χ4v) is 20.4. The maximum atomic E-state index is 5.23. The maximum Gasteiger partial charge on any atom is 0.164 e. The second kappa shape index (κ2) is 29.2. The molecule has 4 aromatic heterocycles. The number of fused-ring (bicyclic) bond motifs is 12. The first kappa shape index (κ1) is 69.9. The van der Waals surface area contributed by atoms with Gasteiger partial charge < -0.3 is 0 Å². The number of aromatic nitrogens is 6. The van der Waals surface area contributed by atoms with Gasteiger partial charge >= 0.3 is 0 Å². The molecule has 0 unspecified atom stereocenters. The lowest BCUT2D eigenvalue weighted by Gasteiger charge is -2.34. The predicted molar refractivity (Wildman–Crippen MR) is 489 cm³/mol. The van der Waals surface area contributed by atoms with Crippen molar-refractivity contribution in [3.8, 4) is 124 Å². The largest absolute Gasteiger partial charge is 0.208 e. The van der Waals surface area contributed by atoms with Gasteiger partial charge in [0.25, 0.3) is 0 Å². The van der Waals surface area contributed by atoms with E-state index in [4.69, 9.17) is 29.9 Å². The normalized spacial score (nSPS) is 12.7. The van der Waals surface area contributed by atoms with Crippen molar-refractivity contribution in [2.45, 2.75) is 10.8 Å². The molecule has 0 saturated heterocycles. The molecule has 2 aliphatic carbocycles. The summed E-state index contributed by atoms with van der Waals surface area (Å²) >= 11 is 3.66. The Morgan fingerprint density at radius 2 is 0.381 bits per heavy atom. The molecule has 21 aromatic rings. The molecular weight excluding hydrogens is 1470 g/mol. The van der Waals surface area contributed by atoms with Crippen molar-refractivity contribution >= 4 is 63.0 Å². The molecule has 0 atom stereocenters. The summed E-state index contributed by atoms with van der Waals surface area (Å²) in [6.45, 7) is 0. The molecule has 118 heavy (non-hydrogen) atoms. The summed E-state index contributed by atoms with van der Waals surface area (Å²) in [6, 6.07) is 152. The first-order chi connectivity index (χ1) is 58.4. The monoisotopic (exact) mass is 1540 g/mol. The zero-order valence-electron chi connectivity index (χ0n) is 63.9. The second-order valence-corrected chi connectivity index (χ2v) is 32.4. The first-order valence-electron chi connectivity index (χ1n) is 39.9. The van der Waals surface area contributed by atoms with Gasteiger partial charge in [0.05, 0.1) is 10.8 Å². The van der Waals surface area contributed by atoms with Crippen molar-refractivity contribution < 1.29 is 0 Å². The lowest BCUT2D eigenvalue weighted by atomic mass is 9.67. The van der Waals surface area contributed by atoms with Gasteiger partial charge in [0.1, 0.15) is 0 Å². The van der Waals surface area contributed by atoms with E-state index in [1.165, 1.54) is 118 Å². The molecule has 23 rings (SSSR count). The van der Waals surface area contributed by atoms with E-state index in [-0.39, 0.29) is 0 Å². The third-order valence-corrected chi connectivity index (χ3v) is 25.9. The summed E-state index contributed by atoms with van der Waals surface area (Å²) < 4.78 is 4.96. The molecule has 0 aliphatic heterocycles. The minimum absolute atomic E-state index is 0.462. The van der Waals surface area contributed by atoms with Crippen molar-refractivity contribution in [2.75, 3.05) is 0 Å². The van der Waals surface area contributed by atoms with Crippen molar-refractivity contribution in [3.05, 3.63) is 469 Å². The fourth-order valence-electron chi connectivity index (χ4n) is 18.2. The van der Waals surface area contributed by atoms with Crippen LogP contribution in [0.5, 0.6) is 0 Å². The minimum Gasteiger partial charge on any atom is -0.208 e. The van der Waals surface area contributed by atoms with Crippen LogP contribution in [-0.4, -0.2) is 29.9 Å². The zero-order valence-corrected chi connectivity index (χ0v) is 65.5. The van der Waals surface area contributed by atoms with Crippen LogP contribution in [0.1, 0.15) is 44.5 Å². The van der Waals surface area contributed by atoms with E-state index in [0.717, 1.165) is 55.6 Å². The molecule has 0 spiro atoms. The van der Waals surface area contributed by atoms with Gasteiger partial charge in [0.15, 0.2) is 34.9 Å². The van der Waals surface area contributed by atoms with Crippen molar-refractivity contribution in [1.82, 2.24) is 29.9 Å². The third kappa shape index (κ3) is 12.0. The number of nitrogens with zero attached hydrogens (tertiary/aromatic N) is 6. The number of benzene rings is 17. The molecular formula is C110H70N6S2. The van der Waals surface area contributed by atoms with E-state index in [1.807, 2.05) is 65.1 Å². The molecule has 0 radical (unpaired) electrons. The van der Waals surface area contributed by atoms with E-state index < -0.39 is 10.8 Å². The molecule has 0 N–H and O–H groups in total. The molecule has 0 amide bonds. The zero-order chi connectivity index (χ0) is 78.1. The Bertz CT molecular complexity index is 7340. The highest BCUT2D eigenvalue weighted by Crippen LogP contribution is 2.59. The van der Waals surface area contributed by atoms with Gasteiger partial charge in [-0.3, -0.25) is 0 Å². The van der Waals surface area contributed by atoms with E-state index in [9.17, 15) is 0 Å². The molecule has 0 bridgehead atoms. The Hall–Kier alpha value is -14.8. The summed E-state index contributed by atoms with van der Waals surface area (Å²) in [7, 11) is 0. The molecule has 8 heteroatoms.